The minimum absolute atomic E-state index is 0.210. The maximum absolute atomic E-state index is 11.7. The first-order chi connectivity index (χ1) is 20.7. The molecule has 8 nitrogen and oxygen atoms in total. The fraction of sp³-hybridized carbons (Fsp3) is 0.371. The Morgan fingerprint density at radius 3 is 2.14 bits per heavy atom. The van der Waals surface area contributed by atoms with Gasteiger partial charge in [0.25, 0.3) is 0 Å². The number of benzene rings is 3. The second-order valence-electron chi connectivity index (χ2n) is 11.1. The van der Waals surface area contributed by atoms with Crippen LogP contribution in [0.3, 0.4) is 0 Å². The van der Waals surface area contributed by atoms with E-state index < -0.39 is 17.5 Å². The zero-order valence-corrected chi connectivity index (χ0v) is 25.8. The van der Waals surface area contributed by atoms with Gasteiger partial charge in [-0.15, -0.1) is 0 Å². The molecule has 3 aromatic carbocycles. The van der Waals surface area contributed by atoms with Crippen molar-refractivity contribution in [2.45, 2.75) is 78.3 Å². The van der Waals surface area contributed by atoms with Gasteiger partial charge in [-0.25, -0.2) is 9.59 Å². The molecule has 2 unspecified atom stereocenters. The third-order valence-corrected chi connectivity index (χ3v) is 7.75. The van der Waals surface area contributed by atoms with Crippen molar-refractivity contribution in [3.63, 3.8) is 0 Å². The highest BCUT2D eigenvalue weighted by Gasteiger charge is 2.47. The van der Waals surface area contributed by atoms with Gasteiger partial charge in [0.15, 0.2) is 0 Å². The summed E-state index contributed by atoms with van der Waals surface area (Å²) >= 11 is 0. The van der Waals surface area contributed by atoms with Crippen LogP contribution in [0, 0.1) is 0 Å². The van der Waals surface area contributed by atoms with Crippen molar-refractivity contribution in [1.82, 2.24) is 5.32 Å². The maximum Gasteiger partial charge on any atom is 0.331 e. The summed E-state index contributed by atoms with van der Waals surface area (Å²) in [5, 5.41) is 12.0. The average Bonchev–Trinajstić information content (AvgIpc) is 3.28. The quantitative estimate of drug-likeness (QED) is 0.100. The smallest absolute Gasteiger partial charge is 0.326 e. The summed E-state index contributed by atoms with van der Waals surface area (Å²) in [6.07, 6.45) is 4.03. The van der Waals surface area contributed by atoms with Crippen molar-refractivity contribution < 1.29 is 19.3 Å². The Hall–Kier alpha value is -4.14. The lowest BCUT2D eigenvalue weighted by atomic mass is 9.77. The van der Waals surface area contributed by atoms with E-state index in [0.717, 1.165) is 71.2 Å². The molecule has 0 amide bonds. The average molecular weight is 583 g/mol. The second-order valence-corrected chi connectivity index (χ2v) is 11.1. The molecule has 0 saturated carbocycles. The number of nitrogens with zero attached hydrogens (tertiary/aromatic N) is 2. The van der Waals surface area contributed by atoms with Crippen LogP contribution in [-0.4, -0.2) is 35.9 Å². The fourth-order valence-corrected chi connectivity index (χ4v) is 5.78. The summed E-state index contributed by atoms with van der Waals surface area (Å²) < 4.78 is 0. The van der Waals surface area contributed by atoms with E-state index >= 15 is 0 Å². The van der Waals surface area contributed by atoms with Crippen molar-refractivity contribution >= 4 is 23.4 Å². The Kier molecular flexibility index (Phi) is 10.6. The van der Waals surface area contributed by atoms with E-state index in [-0.39, 0.29) is 12.5 Å². The Balaban J connectivity index is 1.91. The van der Waals surface area contributed by atoms with Crippen LogP contribution in [0.15, 0.2) is 77.0 Å². The summed E-state index contributed by atoms with van der Waals surface area (Å²) in [5.74, 6) is -1.05. The molecule has 0 fully saturated rings. The number of nitrogens with two attached hydrogens (primary N) is 1. The molecule has 0 aliphatic heterocycles. The molecule has 1 aliphatic carbocycles. The summed E-state index contributed by atoms with van der Waals surface area (Å²) in [5.41, 5.74) is 15.0. The predicted molar refractivity (Wildman–Crippen MR) is 172 cm³/mol. The highest BCUT2D eigenvalue weighted by molar-refractivity contribution is 6.12. The largest absolute Gasteiger partial charge is 0.331 e. The third-order valence-electron chi connectivity index (χ3n) is 7.75. The minimum Gasteiger partial charge on any atom is -0.326 e. The van der Waals surface area contributed by atoms with E-state index in [1.54, 1.807) is 6.92 Å². The molecule has 0 aromatic heterocycles. The number of carbonyl (C=O) groups is 2. The topological polar surface area (TPSA) is 115 Å². The van der Waals surface area contributed by atoms with Crippen LogP contribution in [-0.2, 0) is 24.8 Å². The van der Waals surface area contributed by atoms with Gasteiger partial charge in [0, 0.05) is 31.9 Å². The molecule has 0 bridgehead atoms. The van der Waals surface area contributed by atoms with Gasteiger partial charge in [0.1, 0.15) is 0 Å². The van der Waals surface area contributed by atoms with Crippen LogP contribution in [0.25, 0.3) is 22.3 Å². The number of nitrogens with one attached hydrogen (secondary N) is 1. The lowest BCUT2D eigenvalue weighted by Gasteiger charge is -2.39. The molecule has 0 radical (unpaired) electrons. The van der Waals surface area contributed by atoms with E-state index in [1.165, 1.54) is 13.8 Å². The van der Waals surface area contributed by atoms with Crippen molar-refractivity contribution in [2.75, 3.05) is 6.54 Å². The van der Waals surface area contributed by atoms with Gasteiger partial charge < -0.3 is 20.7 Å². The zero-order chi connectivity index (χ0) is 31.0. The van der Waals surface area contributed by atoms with Crippen LogP contribution in [0.2, 0.25) is 0 Å². The van der Waals surface area contributed by atoms with Gasteiger partial charge in [-0.05, 0) is 71.8 Å². The normalized spacial score (nSPS) is 16.8. The number of unbranched alkanes of at least 4 members (excludes halogenated alkanes) is 1. The predicted octanol–water partition coefficient (Wildman–Crippen LogP) is 6.69. The van der Waals surface area contributed by atoms with Gasteiger partial charge in [-0.2, -0.15) is 0 Å². The lowest BCUT2D eigenvalue weighted by Crippen LogP contribution is -2.55. The molecular formula is C35H42N4O4. The van der Waals surface area contributed by atoms with Crippen molar-refractivity contribution in [3.8, 4) is 22.3 Å². The Morgan fingerprint density at radius 2 is 1.49 bits per heavy atom. The molecule has 2 atom stereocenters. The Morgan fingerprint density at radius 1 is 0.837 bits per heavy atom. The van der Waals surface area contributed by atoms with Crippen LogP contribution < -0.4 is 11.1 Å². The zero-order valence-electron chi connectivity index (χ0n) is 25.8. The first-order valence-electron chi connectivity index (χ1n) is 15.0. The standard InChI is InChI=1S/C35H42N4O4/c1-6-8-19-37-35(34(36)12-7-2)31-21-27(26-13-10-9-11-14-26)15-17-29(31)30-18-16-28(22-32(30)35)33(39-43-25(5)41)20-23(3)38-42-24(4)40/h9-11,13-18,21-22,34,37H,6-8,12,19-20,36H2,1-5H3/b38-23+,39-33-. The first-order valence-corrected chi connectivity index (χ1v) is 15.0. The third kappa shape index (κ3) is 7.09. The second kappa shape index (κ2) is 14.4. The number of hydrogen-bond acceptors (Lipinski definition) is 8. The summed E-state index contributed by atoms with van der Waals surface area (Å²) in [4.78, 5) is 33.0. The van der Waals surface area contributed by atoms with Gasteiger partial charge in [0.2, 0.25) is 0 Å². The molecular weight excluding hydrogens is 540 g/mol. The minimum atomic E-state index is -0.649. The molecule has 43 heavy (non-hydrogen) atoms. The molecule has 0 spiro atoms. The molecule has 8 heteroatoms. The monoisotopic (exact) mass is 582 g/mol. The molecule has 0 heterocycles. The lowest BCUT2D eigenvalue weighted by molar-refractivity contribution is -0.141. The van der Waals surface area contributed by atoms with E-state index in [9.17, 15) is 9.59 Å². The number of fused-ring (bicyclic) bond motifs is 3. The molecule has 1 aliphatic rings. The molecule has 0 saturated heterocycles. The Bertz CT molecular complexity index is 1520. The first kappa shape index (κ1) is 31.8. The summed E-state index contributed by atoms with van der Waals surface area (Å²) in [7, 11) is 0. The highest BCUT2D eigenvalue weighted by atomic mass is 16.7. The van der Waals surface area contributed by atoms with Crippen LogP contribution in [0.5, 0.6) is 0 Å². The number of rotatable bonds is 13. The van der Waals surface area contributed by atoms with Crippen molar-refractivity contribution in [2.24, 2.45) is 16.0 Å². The van der Waals surface area contributed by atoms with E-state index in [2.05, 4.69) is 84.1 Å². The van der Waals surface area contributed by atoms with Gasteiger partial charge in [-0.1, -0.05) is 91.6 Å². The fourth-order valence-electron chi connectivity index (χ4n) is 5.78. The van der Waals surface area contributed by atoms with Crippen molar-refractivity contribution in [1.29, 1.82) is 0 Å². The summed E-state index contributed by atoms with van der Waals surface area (Å²) in [6, 6.07) is 23.0. The maximum atomic E-state index is 11.7. The SMILES string of the molecule is CCCCNC1(C(N)CCC)c2cc(/C(C/C(C)=N/OC(C)=O)=N\OC(C)=O)ccc2-c2ccc(-c3ccccc3)cc21. The number of oxime groups is 2. The molecule has 4 rings (SSSR count). The van der Waals surface area contributed by atoms with Gasteiger partial charge >= 0.3 is 11.9 Å². The molecule has 226 valence electrons. The number of hydrogen-bond donors (Lipinski definition) is 2. The van der Waals surface area contributed by atoms with Gasteiger partial charge in [-0.3, -0.25) is 0 Å². The van der Waals surface area contributed by atoms with Crippen molar-refractivity contribution in [3.05, 3.63) is 83.4 Å². The van der Waals surface area contributed by atoms with Crippen LogP contribution >= 0.6 is 0 Å². The highest BCUT2D eigenvalue weighted by Crippen LogP contribution is 2.51. The molecule has 3 aromatic rings. The molecule has 3 N–H and O–H groups in total. The summed E-state index contributed by atoms with van der Waals surface area (Å²) in [6.45, 7) is 9.46. The number of carbonyl (C=O) groups excluding carboxylic acids is 2. The van der Waals surface area contributed by atoms with Crippen LogP contribution in [0.1, 0.15) is 83.4 Å². The van der Waals surface area contributed by atoms with Gasteiger partial charge in [0.05, 0.1) is 17.0 Å². The van der Waals surface area contributed by atoms with E-state index in [0.29, 0.717) is 11.4 Å². The van der Waals surface area contributed by atoms with Crippen LogP contribution in [0.4, 0.5) is 0 Å². The Labute approximate surface area is 254 Å². The van der Waals surface area contributed by atoms with E-state index in [1.807, 2.05) is 12.1 Å². The van der Waals surface area contributed by atoms with E-state index in [4.69, 9.17) is 15.4 Å².